The molecule has 1 atom stereocenters. The second kappa shape index (κ2) is 8.61. The molecular weight excluding hydrogens is 290 g/mol. The summed E-state index contributed by atoms with van der Waals surface area (Å²) >= 11 is 0. The summed E-state index contributed by atoms with van der Waals surface area (Å²) in [6.07, 6.45) is 1.23. The van der Waals surface area contributed by atoms with Crippen LogP contribution in [0.3, 0.4) is 0 Å². The van der Waals surface area contributed by atoms with E-state index in [2.05, 4.69) is 11.9 Å². The van der Waals surface area contributed by atoms with Crippen molar-refractivity contribution < 1.29 is 14.3 Å². The topological polar surface area (TPSA) is 47.6 Å². The van der Waals surface area contributed by atoms with Gasteiger partial charge in [0.1, 0.15) is 11.4 Å². The molecular formula is C19H29NO3. The molecule has 4 heteroatoms. The molecule has 1 unspecified atom stereocenters. The van der Waals surface area contributed by atoms with Gasteiger partial charge < -0.3 is 14.8 Å². The highest BCUT2D eigenvalue weighted by atomic mass is 16.6. The number of amides is 1. The molecule has 1 rings (SSSR count). The van der Waals surface area contributed by atoms with Crippen molar-refractivity contribution in [3.63, 3.8) is 0 Å². The molecule has 1 amide bonds. The third kappa shape index (κ3) is 7.22. The Labute approximate surface area is 139 Å². The van der Waals surface area contributed by atoms with Crippen LogP contribution in [0.5, 0.6) is 0 Å². The van der Waals surface area contributed by atoms with Crippen molar-refractivity contribution in [1.29, 1.82) is 0 Å². The zero-order chi connectivity index (χ0) is 17.5. The molecule has 1 aromatic rings. The van der Waals surface area contributed by atoms with E-state index in [-0.39, 0.29) is 12.1 Å². The standard InChI is InChI=1S/C19H29NO3/c1-7-17(20-18(21)23-19(4,5)6)13-15-9-11-16(12-10-15)14(3)22-8-2/h9-12,17H,3,7-8,13H2,1-2,4-6H3,(H,20,21). The molecule has 0 spiro atoms. The third-order valence-electron chi connectivity index (χ3n) is 3.29. The molecule has 0 bridgehead atoms. The number of carbonyl (C=O) groups is 1. The third-order valence-corrected chi connectivity index (χ3v) is 3.29. The average molecular weight is 319 g/mol. The molecule has 0 radical (unpaired) electrons. The molecule has 0 aliphatic rings. The van der Waals surface area contributed by atoms with Crippen molar-refractivity contribution >= 4 is 11.9 Å². The first kappa shape index (κ1) is 19.1. The highest BCUT2D eigenvalue weighted by molar-refractivity contribution is 5.68. The lowest BCUT2D eigenvalue weighted by Crippen LogP contribution is -2.39. The van der Waals surface area contributed by atoms with Crippen LogP contribution in [-0.2, 0) is 15.9 Å². The van der Waals surface area contributed by atoms with Gasteiger partial charge in [-0.3, -0.25) is 0 Å². The first-order valence-corrected chi connectivity index (χ1v) is 8.15. The Hall–Kier alpha value is -1.97. The number of alkyl carbamates (subject to hydrolysis) is 1. The first-order chi connectivity index (χ1) is 10.7. The molecule has 1 aromatic carbocycles. The number of ether oxygens (including phenoxy) is 2. The van der Waals surface area contributed by atoms with Gasteiger partial charge in [-0.25, -0.2) is 4.79 Å². The van der Waals surface area contributed by atoms with Gasteiger partial charge in [0.15, 0.2) is 0 Å². The fourth-order valence-electron chi connectivity index (χ4n) is 2.14. The molecule has 128 valence electrons. The number of benzene rings is 1. The zero-order valence-corrected chi connectivity index (χ0v) is 14.9. The van der Waals surface area contributed by atoms with E-state index in [1.165, 1.54) is 0 Å². The van der Waals surface area contributed by atoms with Gasteiger partial charge in [0.05, 0.1) is 6.61 Å². The van der Waals surface area contributed by atoms with Gasteiger partial charge >= 0.3 is 6.09 Å². The van der Waals surface area contributed by atoms with Crippen LogP contribution in [0.15, 0.2) is 30.8 Å². The Bertz CT molecular complexity index is 514. The lowest BCUT2D eigenvalue weighted by molar-refractivity contribution is 0.0503. The summed E-state index contributed by atoms with van der Waals surface area (Å²) in [5.74, 6) is 0.679. The highest BCUT2D eigenvalue weighted by Crippen LogP contribution is 2.16. The SMILES string of the molecule is C=C(OCC)c1ccc(CC(CC)NC(=O)OC(C)(C)C)cc1. The van der Waals surface area contributed by atoms with Gasteiger partial charge in [-0.2, -0.15) is 0 Å². The number of carbonyl (C=O) groups excluding carboxylic acids is 1. The largest absolute Gasteiger partial charge is 0.494 e. The van der Waals surface area contributed by atoms with Crippen LogP contribution in [0.1, 0.15) is 52.2 Å². The monoisotopic (exact) mass is 319 g/mol. The summed E-state index contributed by atoms with van der Waals surface area (Å²) in [6.45, 7) is 14.1. The Morgan fingerprint density at radius 3 is 2.30 bits per heavy atom. The molecule has 0 fully saturated rings. The minimum atomic E-state index is -0.482. The van der Waals surface area contributed by atoms with E-state index in [9.17, 15) is 4.79 Å². The van der Waals surface area contributed by atoms with Crippen molar-refractivity contribution in [2.75, 3.05) is 6.61 Å². The molecule has 0 aliphatic heterocycles. The summed E-state index contributed by atoms with van der Waals surface area (Å²) < 4.78 is 10.7. The lowest BCUT2D eigenvalue weighted by atomic mass is 10.0. The summed E-state index contributed by atoms with van der Waals surface area (Å²) in [5.41, 5.74) is 1.65. The summed E-state index contributed by atoms with van der Waals surface area (Å²) in [4.78, 5) is 11.9. The minimum absolute atomic E-state index is 0.0470. The Kier molecular flexibility index (Phi) is 7.14. The van der Waals surface area contributed by atoms with Crippen LogP contribution in [0.4, 0.5) is 4.79 Å². The molecule has 1 N–H and O–H groups in total. The highest BCUT2D eigenvalue weighted by Gasteiger charge is 2.18. The maximum Gasteiger partial charge on any atom is 0.407 e. The summed E-state index contributed by atoms with van der Waals surface area (Å²) in [7, 11) is 0. The van der Waals surface area contributed by atoms with E-state index in [0.29, 0.717) is 12.4 Å². The van der Waals surface area contributed by atoms with E-state index in [0.717, 1.165) is 24.0 Å². The Morgan fingerprint density at radius 2 is 1.83 bits per heavy atom. The van der Waals surface area contributed by atoms with E-state index in [1.54, 1.807) is 0 Å². The average Bonchev–Trinajstić information content (AvgIpc) is 2.45. The van der Waals surface area contributed by atoms with Crippen LogP contribution in [0.2, 0.25) is 0 Å². The quantitative estimate of drug-likeness (QED) is 0.751. The minimum Gasteiger partial charge on any atom is -0.494 e. The van der Waals surface area contributed by atoms with Crippen LogP contribution < -0.4 is 5.32 Å². The molecule has 0 saturated carbocycles. The Morgan fingerprint density at radius 1 is 1.22 bits per heavy atom. The molecule has 0 aromatic heterocycles. The fraction of sp³-hybridized carbons (Fsp3) is 0.526. The second-order valence-corrected chi connectivity index (χ2v) is 6.51. The molecule has 4 nitrogen and oxygen atoms in total. The van der Waals surface area contributed by atoms with E-state index >= 15 is 0 Å². The predicted octanol–water partition coefficient (Wildman–Crippen LogP) is 4.54. The molecule has 0 saturated heterocycles. The van der Waals surface area contributed by atoms with Crippen molar-refractivity contribution in [3.8, 4) is 0 Å². The van der Waals surface area contributed by atoms with Crippen molar-refractivity contribution in [2.45, 2.75) is 59.1 Å². The first-order valence-electron chi connectivity index (χ1n) is 8.15. The van der Waals surface area contributed by atoms with Crippen molar-refractivity contribution in [2.24, 2.45) is 0 Å². The van der Waals surface area contributed by atoms with Gasteiger partial charge in [-0.05, 0) is 46.1 Å². The molecule has 0 heterocycles. The number of hydrogen-bond donors (Lipinski definition) is 1. The van der Waals surface area contributed by atoms with E-state index in [1.807, 2.05) is 58.9 Å². The van der Waals surface area contributed by atoms with Gasteiger partial charge in [0, 0.05) is 11.6 Å². The second-order valence-electron chi connectivity index (χ2n) is 6.51. The maximum absolute atomic E-state index is 11.9. The lowest BCUT2D eigenvalue weighted by Gasteiger charge is -2.23. The number of rotatable bonds is 7. The van der Waals surface area contributed by atoms with Crippen LogP contribution >= 0.6 is 0 Å². The summed E-state index contributed by atoms with van der Waals surface area (Å²) in [6, 6.07) is 8.12. The van der Waals surface area contributed by atoms with Crippen LogP contribution in [0.25, 0.3) is 5.76 Å². The van der Waals surface area contributed by atoms with Crippen molar-refractivity contribution in [3.05, 3.63) is 42.0 Å². The van der Waals surface area contributed by atoms with Gasteiger partial charge in [0.2, 0.25) is 0 Å². The van der Waals surface area contributed by atoms with E-state index < -0.39 is 5.60 Å². The van der Waals surface area contributed by atoms with Gasteiger partial charge in [0.25, 0.3) is 0 Å². The zero-order valence-electron chi connectivity index (χ0n) is 14.9. The van der Waals surface area contributed by atoms with Crippen LogP contribution in [-0.4, -0.2) is 24.3 Å². The number of hydrogen-bond acceptors (Lipinski definition) is 3. The predicted molar refractivity (Wildman–Crippen MR) is 94.3 cm³/mol. The van der Waals surface area contributed by atoms with Gasteiger partial charge in [-0.1, -0.05) is 37.8 Å². The summed E-state index contributed by atoms with van der Waals surface area (Å²) in [5, 5.41) is 2.93. The van der Waals surface area contributed by atoms with E-state index in [4.69, 9.17) is 9.47 Å². The molecule has 0 aliphatic carbocycles. The van der Waals surface area contributed by atoms with Gasteiger partial charge in [-0.15, -0.1) is 0 Å². The number of nitrogens with one attached hydrogen (secondary N) is 1. The smallest absolute Gasteiger partial charge is 0.407 e. The maximum atomic E-state index is 11.9. The fourth-order valence-corrected chi connectivity index (χ4v) is 2.14. The van der Waals surface area contributed by atoms with Crippen LogP contribution in [0, 0.1) is 0 Å². The normalized spacial score (nSPS) is 12.4. The molecule has 23 heavy (non-hydrogen) atoms. The Balaban J connectivity index is 2.62. The van der Waals surface area contributed by atoms with Crippen molar-refractivity contribution in [1.82, 2.24) is 5.32 Å².